The van der Waals surface area contributed by atoms with Crippen LogP contribution in [-0.4, -0.2) is 9.28 Å². The van der Waals surface area contributed by atoms with Crippen LogP contribution >= 0.6 is 0 Å². The van der Waals surface area contributed by atoms with Gasteiger partial charge < -0.3 is 8.85 Å². The molecule has 0 spiro atoms. The van der Waals surface area contributed by atoms with Gasteiger partial charge in [0.2, 0.25) is 58.2 Å². The maximum Gasteiger partial charge on any atom is 0.529 e. The normalized spacial score (nSPS) is 11.2. The van der Waals surface area contributed by atoms with Crippen molar-refractivity contribution in [3.8, 4) is 11.5 Å². The Morgan fingerprint density at radius 1 is 0.423 bits per heavy atom. The second-order valence-corrected chi connectivity index (χ2v) is 5.89. The average Bonchev–Trinajstić information content (AvgIpc) is 2.62. The summed E-state index contributed by atoms with van der Waals surface area (Å²) in [5, 5.41) is 0. The van der Waals surface area contributed by atoms with Crippen LogP contribution in [0.3, 0.4) is 0 Å². The summed E-state index contributed by atoms with van der Waals surface area (Å²) in [4.78, 5) is 0. The van der Waals surface area contributed by atoms with E-state index in [1.807, 2.05) is 0 Å². The Labute approximate surface area is 139 Å². The van der Waals surface area contributed by atoms with Crippen LogP contribution in [0.4, 0.5) is 43.9 Å². The van der Waals surface area contributed by atoms with Crippen molar-refractivity contribution in [3.05, 3.63) is 58.2 Å². The molecule has 0 bridgehead atoms. The molecular weight excluding hydrogens is 406 g/mol. The summed E-state index contributed by atoms with van der Waals surface area (Å²) in [6, 6.07) is 0. The molecule has 2 rings (SSSR count). The van der Waals surface area contributed by atoms with Gasteiger partial charge in [-0.2, -0.15) is 17.6 Å². The summed E-state index contributed by atoms with van der Waals surface area (Å²) in [6.45, 7) is 0.737. The van der Waals surface area contributed by atoms with Crippen LogP contribution in [0.1, 0.15) is 0 Å². The maximum atomic E-state index is 13.4. The summed E-state index contributed by atoms with van der Waals surface area (Å²) in [7, 11) is -3.35. The molecule has 0 aliphatic carbocycles. The Kier molecular flexibility index (Phi) is 5.39. The standard InChI is InChI=1S/C13H3F10O2Si/c1-26(24-12-8(20)4(16)2(14)5(17)9(12)21)25-13-10(22)6(18)3(15)7(19)11(13)23/h1H3. The number of halogens is 10. The van der Waals surface area contributed by atoms with Gasteiger partial charge in [0.15, 0.2) is 11.5 Å². The molecule has 0 saturated carbocycles. The monoisotopic (exact) mass is 409 g/mol. The zero-order valence-corrected chi connectivity index (χ0v) is 13.1. The lowest BCUT2D eigenvalue weighted by Crippen LogP contribution is -2.29. The van der Waals surface area contributed by atoms with Crippen molar-refractivity contribution in [2.75, 3.05) is 0 Å². The van der Waals surface area contributed by atoms with Crippen LogP contribution in [-0.2, 0) is 0 Å². The van der Waals surface area contributed by atoms with Crippen molar-refractivity contribution in [1.29, 1.82) is 0 Å². The Morgan fingerprint density at radius 3 is 0.846 bits per heavy atom. The third-order valence-corrected chi connectivity index (χ3v) is 3.81. The molecule has 0 fully saturated rings. The number of hydrogen-bond donors (Lipinski definition) is 0. The fourth-order valence-corrected chi connectivity index (χ4v) is 2.63. The molecular formula is C13H3F10O2Si. The minimum atomic E-state index is -3.35. The van der Waals surface area contributed by atoms with E-state index in [1.165, 1.54) is 0 Å². The van der Waals surface area contributed by atoms with Crippen molar-refractivity contribution in [2.24, 2.45) is 0 Å². The zero-order chi connectivity index (χ0) is 19.9. The molecule has 0 N–H and O–H groups in total. The number of rotatable bonds is 4. The summed E-state index contributed by atoms with van der Waals surface area (Å²) < 4.78 is 140. The van der Waals surface area contributed by atoms with Crippen LogP contribution in [0, 0.1) is 58.2 Å². The van der Waals surface area contributed by atoms with Crippen molar-refractivity contribution >= 4 is 9.28 Å². The minimum Gasteiger partial charge on any atom is -0.505 e. The lowest BCUT2D eigenvalue weighted by Gasteiger charge is -2.16. The van der Waals surface area contributed by atoms with Gasteiger partial charge in [0, 0.05) is 6.55 Å². The van der Waals surface area contributed by atoms with Crippen LogP contribution < -0.4 is 8.85 Å². The topological polar surface area (TPSA) is 18.5 Å². The van der Waals surface area contributed by atoms with Gasteiger partial charge in [-0.1, -0.05) is 0 Å². The third-order valence-electron chi connectivity index (χ3n) is 2.83. The summed E-state index contributed by atoms with van der Waals surface area (Å²) >= 11 is 0. The largest absolute Gasteiger partial charge is 0.529 e. The van der Waals surface area contributed by atoms with Gasteiger partial charge in [0.25, 0.3) is 0 Å². The first-order chi connectivity index (χ1) is 12.0. The lowest BCUT2D eigenvalue weighted by molar-refractivity contribution is 0.314. The molecule has 0 saturated heterocycles. The maximum absolute atomic E-state index is 13.4. The van der Waals surface area contributed by atoms with Gasteiger partial charge in [-0.15, -0.1) is 0 Å². The SMILES string of the molecule is C[Si](Oc1c(F)c(F)c(F)c(F)c1F)Oc1c(F)c(F)c(F)c(F)c1F. The van der Waals surface area contributed by atoms with E-state index in [0.29, 0.717) is 0 Å². The smallest absolute Gasteiger partial charge is 0.505 e. The fraction of sp³-hybridized carbons (Fsp3) is 0.0769. The molecule has 2 aromatic rings. The predicted octanol–water partition coefficient (Wildman–Crippen LogP) is 4.65. The molecule has 0 aliphatic rings. The molecule has 1 radical (unpaired) electrons. The van der Waals surface area contributed by atoms with Crippen molar-refractivity contribution in [2.45, 2.75) is 6.55 Å². The van der Waals surface area contributed by atoms with E-state index in [1.54, 1.807) is 0 Å². The highest BCUT2D eigenvalue weighted by atomic mass is 28.3. The average molecular weight is 409 g/mol. The van der Waals surface area contributed by atoms with Gasteiger partial charge in [-0.3, -0.25) is 0 Å². The first-order valence-corrected chi connectivity index (χ1v) is 8.02. The van der Waals surface area contributed by atoms with Gasteiger partial charge in [0.1, 0.15) is 0 Å². The molecule has 0 amide bonds. The van der Waals surface area contributed by atoms with E-state index < -0.39 is 79.0 Å². The molecule has 0 atom stereocenters. The first kappa shape index (κ1) is 19.9. The van der Waals surface area contributed by atoms with E-state index in [4.69, 9.17) is 0 Å². The molecule has 0 aromatic heterocycles. The van der Waals surface area contributed by atoms with Crippen LogP contribution in [0.15, 0.2) is 0 Å². The van der Waals surface area contributed by atoms with Crippen molar-refractivity contribution in [3.63, 3.8) is 0 Å². The van der Waals surface area contributed by atoms with Gasteiger partial charge in [-0.05, 0) is 0 Å². The van der Waals surface area contributed by atoms with Gasteiger partial charge >= 0.3 is 9.28 Å². The number of benzene rings is 2. The Hall–Kier alpha value is -2.44. The Morgan fingerprint density at radius 2 is 0.615 bits per heavy atom. The highest BCUT2D eigenvalue weighted by Crippen LogP contribution is 2.32. The first-order valence-electron chi connectivity index (χ1n) is 6.21. The second kappa shape index (κ2) is 7.05. The van der Waals surface area contributed by atoms with E-state index in [2.05, 4.69) is 8.85 Å². The van der Waals surface area contributed by atoms with Gasteiger partial charge in [-0.25, -0.2) is 26.3 Å². The second-order valence-electron chi connectivity index (χ2n) is 4.49. The van der Waals surface area contributed by atoms with Crippen LogP contribution in [0.2, 0.25) is 6.55 Å². The molecule has 26 heavy (non-hydrogen) atoms. The van der Waals surface area contributed by atoms with Gasteiger partial charge in [0.05, 0.1) is 0 Å². The number of hydrogen-bond acceptors (Lipinski definition) is 2. The van der Waals surface area contributed by atoms with E-state index in [9.17, 15) is 43.9 Å². The zero-order valence-electron chi connectivity index (χ0n) is 12.1. The van der Waals surface area contributed by atoms with Crippen LogP contribution in [0.5, 0.6) is 11.5 Å². The molecule has 0 unspecified atom stereocenters. The Bertz CT molecular complexity index is 759. The van der Waals surface area contributed by atoms with E-state index in [0.717, 1.165) is 6.55 Å². The van der Waals surface area contributed by atoms with Crippen LogP contribution in [0.25, 0.3) is 0 Å². The Balaban J connectivity index is 2.39. The molecule has 13 heteroatoms. The molecule has 2 nitrogen and oxygen atoms in total. The van der Waals surface area contributed by atoms with Crippen molar-refractivity contribution in [1.82, 2.24) is 0 Å². The summed E-state index contributed by atoms with van der Waals surface area (Å²) in [6.07, 6.45) is 0. The highest BCUT2D eigenvalue weighted by molar-refractivity contribution is 6.44. The summed E-state index contributed by atoms with van der Waals surface area (Å²) in [5.41, 5.74) is 0. The summed E-state index contributed by atoms with van der Waals surface area (Å²) in [5.74, 6) is -27.8. The predicted molar refractivity (Wildman–Crippen MR) is 65.3 cm³/mol. The molecule has 141 valence electrons. The molecule has 0 aliphatic heterocycles. The van der Waals surface area contributed by atoms with E-state index >= 15 is 0 Å². The highest BCUT2D eigenvalue weighted by Gasteiger charge is 2.32. The minimum absolute atomic E-state index is 0.737. The lowest BCUT2D eigenvalue weighted by atomic mass is 10.3. The third kappa shape index (κ3) is 3.18. The fourth-order valence-electron chi connectivity index (χ4n) is 1.66. The molecule has 0 heterocycles. The van der Waals surface area contributed by atoms with E-state index in [-0.39, 0.29) is 0 Å². The molecule has 2 aromatic carbocycles. The van der Waals surface area contributed by atoms with Crippen molar-refractivity contribution < 1.29 is 52.8 Å². The quantitative estimate of drug-likeness (QED) is 0.317.